The van der Waals surface area contributed by atoms with Gasteiger partial charge in [-0.1, -0.05) is 24.3 Å². The smallest absolute Gasteiger partial charge is 0.317 e. The molecule has 0 radical (unpaired) electrons. The standard InChI is InChI=1S/C18H29N3O2/c1-14(22)11-20(4)17(23)19-13-18(2,3)21-10-9-15-7-5-6-8-16(15)12-21/h5-8,14,22H,9-13H2,1-4H3,(H,19,23). The SMILES string of the molecule is CC(O)CN(C)C(=O)NCC(C)(C)N1CCc2ccccc2C1. The number of rotatable bonds is 5. The molecule has 2 rings (SSSR count). The molecular formula is C18H29N3O2. The summed E-state index contributed by atoms with van der Waals surface area (Å²) in [6.45, 7) is 8.85. The van der Waals surface area contributed by atoms with Crippen molar-refractivity contribution in [1.82, 2.24) is 15.1 Å². The summed E-state index contributed by atoms with van der Waals surface area (Å²) in [5.74, 6) is 0. The summed E-state index contributed by atoms with van der Waals surface area (Å²) in [4.78, 5) is 16.0. The molecular weight excluding hydrogens is 290 g/mol. The van der Waals surface area contributed by atoms with E-state index in [1.165, 1.54) is 16.0 Å². The number of likely N-dealkylation sites (N-methyl/N-ethyl adjacent to an activating group) is 1. The average Bonchev–Trinajstić information content (AvgIpc) is 2.51. The molecule has 0 fully saturated rings. The van der Waals surface area contributed by atoms with Gasteiger partial charge >= 0.3 is 6.03 Å². The van der Waals surface area contributed by atoms with E-state index in [0.717, 1.165) is 19.5 Å². The highest BCUT2D eigenvalue weighted by molar-refractivity contribution is 5.73. The van der Waals surface area contributed by atoms with Crippen LogP contribution in [0.3, 0.4) is 0 Å². The summed E-state index contributed by atoms with van der Waals surface area (Å²) in [5.41, 5.74) is 2.69. The Hall–Kier alpha value is -1.59. The highest BCUT2D eigenvalue weighted by Crippen LogP contribution is 2.24. The molecule has 2 amide bonds. The summed E-state index contributed by atoms with van der Waals surface area (Å²) >= 11 is 0. The first-order valence-corrected chi connectivity index (χ1v) is 8.28. The Labute approximate surface area is 139 Å². The predicted octanol–water partition coefficient (Wildman–Crippen LogP) is 1.85. The van der Waals surface area contributed by atoms with Crippen LogP contribution in [-0.4, -0.2) is 59.3 Å². The molecule has 2 N–H and O–H groups in total. The molecule has 5 heteroatoms. The molecule has 0 saturated carbocycles. The minimum atomic E-state index is -0.516. The molecule has 1 aromatic rings. The zero-order valence-electron chi connectivity index (χ0n) is 14.7. The van der Waals surface area contributed by atoms with Crippen LogP contribution in [0.5, 0.6) is 0 Å². The fourth-order valence-corrected chi connectivity index (χ4v) is 3.03. The number of urea groups is 1. The molecule has 128 valence electrons. The summed E-state index contributed by atoms with van der Waals surface area (Å²) in [5, 5.41) is 12.4. The molecule has 0 aromatic heterocycles. The van der Waals surface area contributed by atoms with Gasteiger partial charge in [0.25, 0.3) is 0 Å². The van der Waals surface area contributed by atoms with Crippen molar-refractivity contribution in [2.24, 2.45) is 0 Å². The first-order chi connectivity index (χ1) is 10.8. The van der Waals surface area contributed by atoms with Crippen LogP contribution in [0.25, 0.3) is 0 Å². The van der Waals surface area contributed by atoms with E-state index in [9.17, 15) is 9.90 Å². The Kier molecular flexibility index (Phi) is 5.65. The highest BCUT2D eigenvalue weighted by Gasteiger charge is 2.30. The van der Waals surface area contributed by atoms with Crippen LogP contribution < -0.4 is 5.32 Å². The van der Waals surface area contributed by atoms with Gasteiger partial charge in [0.15, 0.2) is 0 Å². The average molecular weight is 319 g/mol. The van der Waals surface area contributed by atoms with E-state index in [-0.39, 0.29) is 11.6 Å². The molecule has 0 bridgehead atoms. The number of nitrogens with one attached hydrogen (secondary N) is 1. The van der Waals surface area contributed by atoms with Gasteiger partial charge in [-0.15, -0.1) is 0 Å². The van der Waals surface area contributed by atoms with Crippen molar-refractivity contribution in [2.75, 3.05) is 26.7 Å². The van der Waals surface area contributed by atoms with E-state index in [0.29, 0.717) is 13.1 Å². The monoisotopic (exact) mass is 319 g/mol. The predicted molar refractivity (Wildman–Crippen MR) is 92.3 cm³/mol. The summed E-state index contributed by atoms with van der Waals surface area (Å²) < 4.78 is 0. The van der Waals surface area contributed by atoms with Gasteiger partial charge < -0.3 is 15.3 Å². The maximum absolute atomic E-state index is 12.1. The van der Waals surface area contributed by atoms with Crippen LogP contribution in [-0.2, 0) is 13.0 Å². The third kappa shape index (κ3) is 4.69. The number of carbonyl (C=O) groups is 1. The number of carbonyl (C=O) groups excluding carboxylic acids is 1. The Morgan fingerprint density at radius 3 is 2.70 bits per heavy atom. The molecule has 1 aliphatic heterocycles. The van der Waals surface area contributed by atoms with E-state index >= 15 is 0 Å². The van der Waals surface area contributed by atoms with Gasteiger partial charge in [0.05, 0.1) is 6.10 Å². The number of aliphatic hydroxyl groups excluding tert-OH is 1. The van der Waals surface area contributed by atoms with Crippen LogP contribution in [0, 0.1) is 0 Å². The summed E-state index contributed by atoms with van der Waals surface area (Å²) in [6, 6.07) is 8.43. The lowest BCUT2D eigenvalue weighted by Gasteiger charge is -2.42. The van der Waals surface area contributed by atoms with Crippen LogP contribution in [0.2, 0.25) is 0 Å². The van der Waals surface area contributed by atoms with Crippen LogP contribution in [0.1, 0.15) is 31.9 Å². The van der Waals surface area contributed by atoms with Crippen LogP contribution in [0.15, 0.2) is 24.3 Å². The highest BCUT2D eigenvalue weighted by atomic mass is 16.3. The zero-order chi connectivity index (χ0) is 17.0. The van der Waals surface area contributed by atoms with Gasteiger partial charge in [0, 0.05) is 38.8 Å². The quantitative estimate of drug-likeness (QED) is 0.871. The zero-order valence-corrected chi connectivity index (χ0v) is 14.7. The Balaban J connectivity index is 1.91. The van der Waals surface area contributed by atoms with E-state index in [1.54, 1.807) is 14.0 Å². The van der Waals surface area contributed by atoms with Crippen molar-refractivity contribution in [3.63, 3.8) is 0 Å². The summed E-state index contributed by atoms with van der Waals surface area (Å²) in [7, 11) is 1.70. The van der Waals surface area contributed by atoms with Gasteiger partial charge in [-0.2, -0.15) is 0 Å². The number of aliphatic hydroxyl groups is 1. The van der Waals surface area contributed by atoms with Crippen molar-refractivity contribution in [3.05, 3.63) is 35.4 Å². The van der Waals surface area contributed by atoms with Crippen molar-refractivity contribution in [2.45, 2.75) is 45.4 Å². The number of fused-ring (bicyclic) bond motifs is 1. The molecule has 1 unspecified atom stereocenters. The lowest BCUT2D eigenvalue weighted by molar-refractivity contribution is 0.100. The topological polar surface area (TPSA) is 55.8 Å². The molecule has 0 aliphatic carbocycles. The lowest BCUT2D eigenvalue weighted by Crippen LogP contribution is -2.54. The van der Waals surface area contributed by atoms with E-state index < -0.39 is 6.10 Å². The van der Waals surface area contributed by atoms with Crippen LogP contribution >= 0.6 is 0 Å². The van der Waals surface area contributed by atoms with Crippen LogP contribution in [0.4, 0.5) is 4.79 Å². The van der Waals surface area contributed by atoms with E-state index in [2.05, 4.69) is 48.3 Å². The Bertz CT molecular complexity index is 543. The number of hydrogen-bond donors (Lipinski definition) is 2. The second-order valence-electron chi connectivity index (χ2n) is 7.14. The maximum atomic E-state index is 12.1. The van der Waals surface area contributed by atoms with Crippen molar-refractivity contribution >= 4 is 6.03 Å². The number of benzene rings is 1. The minimum Gasteiger partial charge on any atom is -0.392 e. The van der Waals surface area contributed by atoms with E-state index in [1.807, 2.05) is 0 Å². The molecule has 1 aliphatic rings. The number of nitrogens with zero attached hydrogens (tertiary/aromatic N) is 2. The fraction of sp³-hybridized carbons (Fsp3) is 0.611. The van der Waals surface area contributed by atoms with Gasteiger partial charge in [0.2, 0.25) is 0 Å². The Morgan fingerprint density at radius 1 is 1.39 bits per heavy atom. The molecule has 1 atom stereocenters. The minimum absolute atomic E-state index is 0.116. The molecule has 1 heterocycles. The summed E-state index contributed by atoms with van der Waals surface area (Å²) in [6.07, 6.45) is 0.535. The molecule has 1 aromatic carbocycles. The first kappa shape index (κ1) is 17.8. The molecule has 23 heavy (non-hydrogen) atoms. The Morgan fingerprint density at radius 2 is 2.04 bits per heavy atom. The van der Waals surface area contributed by atoms with E-state index in [4.69, 9.17) is 0 Å². The second kappa shape index (κ2) is 7.32. The molecule has 0 spiro atoms. The van der Waals surface area contributed by atoms with Gasteiger partial charge in [-0.3, -0.25) is 4.90 Å². The largest absolute Gasteiger partial charge is 0.392 e. The third-order valence-electron chi connectivity index (χ3n) is 4.54. The lowest BCUT2D eigenvalue weighted by atomic mass is 9.94. The van der Waals surface area contributed by atoms with Gasteiger partial charge in [0.1, 0.15) is 0 Å². The number of hydrogen-bond acceptors (Lipinski definition) is 3. The normalized spacial score (nSPS) is 16.6. The van der Waals surface area contributed by atoms with Gasteiger partial charge in [-0.05, 0) is 38.3 Å². The van der Waals surface area contributed by atoms with Crippen molar-refractivity contribution in [3.8, 4) is 0 Å². The first-order valence-electron chi connectivity index (χ1n) is 8.28. The second-order valence-corrected chi connectivity index (χ2v) is 7.14. The van der Waals surface area contributed by atoms with Crippen molar-refractivity contribution in [1.29, 1.82) is 0 Å². The van der Waals surface area contributed by atoms with Gasteiger partial charge in [-0.25, -0.2) is 4.79 Å². The fourth-order valence-electron chi connectivity index (χ4n) is 3.03. The van der Waals surface area contributed by atoms with Crippen molar-refractivity contribution < 1.29 is 9.90 Å². The maximum Gasteiger partial charge on any atom is 0.317 e. The third-order valence-corrected chi connectivity index (χ3v) is 4.54. The number of amides is 2. The molecule has 0 saturated heterocycles. The molecule has 5 nitrogen and oxygen atoms in total.